The molecule has 0 unspecified atom stereocenters. The standard InChI is InChI=1S/C17H15N3O4S/c21-12-24-17-15(13-7-3-1-4-8-13)16(18-11-19-17)20-25(22,23)14-9-5-2-6-10-14/h1-11,21H,12H2,(H,18,19,20). The van der Waals surface area contributed by atoms with Gasteiger partial charge in [0, 0.05) is 0 Å². The smallest absolute Gasteiger partial charge is 0.263 e. The van der Waals surface area contributed by atoms with Crippen molar-refractivity contribution in [2.24, 2.45) is 0 Å². The van der Waals surface area contributed by atoms with Gasteiger partial charge < -0.3 is 9.84 Å². The summed E-state index contributed by atoms with van der Waals surface area (Å²) in [7, 11) is -3.83. The lowest BCUT2D eigenvalue weighted by atomic mass is 10.1. The molecule has 2 aromatic carbocycles. The molecule has 3 aromatic rings. The molecule has 0 amide bonds. The second-order valence-corrected chi connectivity index (χ2v) is 6.64. The number of sulfonamides is 1. The van der Waals surface area contributed by atoms with E-state index in [1.165, 1.54) is 18.5 Å². The van der Waals surface area contributed by atoms with Crippen molar-refractivity contribution in [2.45, 2.75) is 4.90 Å². The molecule has 0 bridgehead atoms. The lowest BCUT2D eigenvalue weighted by Gasteiger charge is -2.14. The van der Waals surface area contributed by atoms with Crippen LogP contribution in [-0.2, 0) is 10.0 Å². The molecule has 0 spiro atoms. The van der Waals surface area contributed by atoms with Crippen LogP contribution in [0.3, 0.4) is 0 Å². The number of ether oxygens (including phenoxy) is 1. The SMILES string of the molecule is O=S(=O)(Nc1ncnc(OCO)c1-c1ccccc1)c1ccccc1. The summed E-state index contributed by atoms with van der Waals surface area (Å²) in [5.41, 5.74) is 0.994. The first kappa shape index (κ1) is 16.9. The number of aliphatic hydroxyl groups is 1. The van der Waals surface area contributed by atoms with E-state index in [0.717, 1.165) is 0 Å². The zero-order chi connectivity index (χ0) is 17.7. The molecule has 25 heavy (non-hydrogen) atoms. The molecule has 0 fully saturated rings. The highest BCUT2D eigenvalue weighted by Gasteiger charge is 2.21. The van der Waals surface area contributed by atoms with Crippen LogP contribution in [0.2, 0.25) is 0 Å². The fourth-order valence-electron chi connectivity index (χ4n) is 2.27. The molecule has 0 saturated heterocycles. The van der Waals surface area contributed by atoms with Gasteiger partial charge in [0.2, 0.25) is 5.88 Å². The third-order valence-electron chi connectivity index (χ3n) is 3.36. The summed E-state index contributed by atoms with van der Waals surface area (Å²) in [5, 5.41) is 9.07. The molecule has 1 heterocycles. The zero-order valence-corrected chi connectivity index (χ0v) is 13.8. The van der Waals surface area contributed by atoms with E-state index in [1.807, 2.05) is 6.07 Å². The molecule has 8 heteroatoms. The van der Waals surface area contributed by atoms with Gasteiger partial charge in [-0.25, -0.2) is 18.4 Å². The summed E-state index contributed by atoms with van der Waals surface area (Å²) in [5.74, 6) is 0.142. The Kier molecular flexibility index (Phi) is 4.92. The second-order valence-electron chi connectivity index (χ2n) is 4.96. The summed E-state index contributed by atoms with van der Waals surface area (Å²) >= 11 is 0. The predicted molar refractivity (Wildman–Crippen MR) is 92.4 cm³/mol. The Morgan fingerprint density at radius 1 is 0.960 bits per heavy atom. The number of hydrogen-bond acceptors (Lipinski definition) is 6. The van der Waals surface area contributed by atoms with Gasteiger partial charge in [-0.3, -0.25) is 4.72 Å². The van der Waals surface area contributed by atoms with Gasteiger partial charge in [-0.1, -0.05) is 48.5 Å². The summed E-state index contributed by atoms with van der Waals surface area (Å²) in [4.78, 5) is 8.13. The monoisotopic (exact) mass is 357 g/mol. The first-order valence-electron chi connectivity index (χ1n) is 7.34. The molecule has 1 aromatic heterocycles. The van der Waals surface area contributed by atoms with Gasteiger partial charge in [0.15, 0.2) is 12.6 Å². The van der Waals surface area contributed by atoms with Gasteiger partial charge in [-0.05, 0) is 17.7 Å². The number of aliphatic hydroxyl groups excluding tert-OH is 1. The number of rotatable bonds is 6. The number of anilines is 1. The highest BCUT2D eigenvalue weighted by Crippen LogP contribution is 2.34. The third-order valence-corrected chi connectivity index (χ3v) is 4.72. The Labute approximate surface area is 145 Å². The fourth-order valence-corrected chi connectivity index (χ4v) is 3.31. The fraction of sp³-hybridized carbons (Fsp3) is 0.0588. The van der Waals surface area contributed by atoms with E-state index in [1.54, 1.807) is 42.5 Å². The topological polar surface area (TPSA) is 101 Å². The highest BCUT2D eigenvalue weighted by molar-refractivity contribution is 7.92. The lowest BCUT2D eigenvalue weighted by Crippen LogP contribution is -2.15. The van der Waals surface area contributed by atoms with E-state index in [-0.39, 0.29) is 16.6 Å². The first-order valence-corrected chi connectivity index (χ1v) is 8.82. The van der Waals surface area contributed by atoms with Gasteiger partial charge in [0.1, 0.15) is 6.33 Å². The van der Waals surface area contributed by atoms with E-state index < -0.39 is 16.8 Å². The van der Waals surface area contributed by atoms with Crippen LogP contribution >= 0.6 is 0 Å². The van der Waals surface area contributed by atoms with Crippen molar-refractivity contribution in [1.82, 2.24) is 9.97 Å². The van der Waals surface area contributed by atoms with E-state index in [0.29, 0.717) is 11.1 Å². The molecule has 3 rings (SSSR count). The molecule has 7 nitrogen and oxygen atoms in total. The van der Waals surface area contributed by atoms with Crippen molar-refractivity contribution >= 4 is 15.8 Å². The van der Waals surface area contributed by atoms with Crippen molar-refractivity contribution in [1.29, 1.82) is 0 Å². The normalized spacial score (nSPS) is 11.1. The van der Waals surface area contributed by atoms with Crippen LogP contribution in [0.25, 0.3) is 11.1 Å². The molecule has 0 aliphatic carbocycles. The Balaban J connectivity index is 2.09. The van der Waals surface area contributed by atoms with Gasteiger partial charge >= 0.3 is 0 Å². The number of nitrogens with one attached hydrogen (secondary N) is 1. The summed E-state index contributed by atoms with van der Waals surface area (Å²) < 4.78 is 32.8. The molecular weight excluding hydrogens is 342 g/mol. The molecule has 128 valence electrons. The van der Waals surface area contributed by atoms with Gasteiger partial charge in [-0.15, -0.1) is 0 Å². The minimum absolute atomic E-state index is 0.0634. The predicted octanol–water partition coefficient (Wildman–Crippen LogP) is 2.27. The van der Waals surface area contributed by atoms with Crippen molar-refractivity contribution in [3.63, 3.8) is 0 Å². The zero-order valence-electron chi connectivity index (χ0n) is 13.0. The molecule has 2 N–H and O–H groups in total. The molecule has 0 radical (unpaired) electrons. The minimum Gasteiger partial charge on any atom is -0.450 e. The van der Waals surface area contributed by atoms with Crippen molar-refractivity contribution < 1.29 is 18.3 Å². The Hall–Kier alpha value is -2.97. The van der Waals surface area contributed by atoms with Crippen LogP contribution in [0.5, 0.6) is 5.88 Å². The summed E-state index contributed by atoms with van der Waals surface area (Å²) in [6.07, 6.45) is 1.17. The minimum atomic E-state index is -3.83. The second kappa shape index (κ2) is 7.29. The van der Waals surface area contributed by atoms with E-state index in [2.05, 4.69) is 14.7 Å². The number of hydrogen-bond donors (Lipinski definition) is 2. The molecule has 0 atom stereocenters. The van der Waals surface area contributed by atoms with Gasteiger partial charge in [0.05, 0.1) is 10.5 Å². The third kappa shape index (κ3) is 3.76. The van der Waals surface area contributed by atoms with Crippen LogP contribution in [0.4, 0.5) is 5.82 Å². The summed E-state index contributed by atoms with van der Waals surface area (Å²) in [6, 6.07) is 16.9. The number of aromatic nitrogens is 2. The first-order chi connectivity index (χ1) is 12.1. The van der Waals surface area contributed by atoms with Crippen LogP contribution in [-0.4, -0.2) is 30.3 Å². The molecular formula is C17H15N3O4S. The van der Waals surface area contributed by atoms with Crippen molar-refractivity contribution in [2.75, 3.05) is 11.5 Å². The van der Waals surface area contributed by atoms with Gasteiger partial charge in [-0.2, -0.15) is 0 Å². The Morgan fingerprint density at radius 3 is 2.24 bits per heavy atom. The maximum atomic E-state index is 12.6. The average Bonchev–Trinajstić information content (AvgIpc) is 2.63. The maximum absolute atomic E-state index is 12.6. The molecule has 0 aliphatic heterocycles. The van der Waals surface area contributed by atoms with E-state index in [9.17, 15) is 8.42 Å². The van der Waals surface area contributed by atoms with E-state index in [4.69, 9.17) is 9.84 Å². The maximum Gasteiger partial charge on any atom is 0.263 e. The van der Waals surface area contributed by atoms with E-state index >= 15 is 0 Å². The largest absolute Gasteiger partial charge is 0.450 e. The van der Waals surface area contributed by atoms with Crippen molar-refractivity contribution in [3.05, 3.63) is 67.0 Å². The Morgan fingerprint density at radius 2 is 1.60 bits per heavy atom. The lowest BCUT2D eigenvalue weighted by molar-refractivity contribution is 0.0946. The molecule has 0 saturated carbocycles. The molecule has 0 aliphatic rings. The Bertz CT molecular complexity index is 948. The van der Waals surface area contributed by atoms with Crippen molar-refractivity contribution in [3.8, 4) is 17.0 Å². The summed E-state index contributed by atoms with van der Waals surface area (Å²) in [6.45, 7) is -0.596. The number of benzene rings is 2. The van der Waals surface area contributed by atoms with Gasteiger partial charge in [0.25, 0.3) is 10.0 Å². The highest BCUT2D eigenvalue weighted by atomic mass is 32.2. The average molecular weight is 357 g/mol. The number of nitrogens with zero attached hydrogens (tertiary/aromatic N) is 2. The van der Waals surface area contributed by atoms with Crippen LogP contribution in [0, 0.1) is 0 Å². The van der Waals surface area contributed by atoms with Crippen LogP contribution in [0.1, 0.15) is 0 Å². The van der Waals surface area contributed by atoms with Crippen LogP contribution < -0.4 is 9.46 Å². The van der Waals surface area contributed by atoms with Crippen LogP contribution in [0.15, 0.2) is 71.9 Å². The quantitative estimate of drug-likeness (QED) is 0.656.